The van der Waals surface area contributed by atoms with Crippen molar-refractivity contribution in [3.63, 3.8) is 0 Å². The van der Waals surface area contributed by atoms with E-state index in [1.54, 1.807) is 0 Å². The highest BCUT2D eigenvalue weighted by atomic mass is 16.7. The number of ether oxygens (including phenoxy) is 1. The summed E-state index contributed by atoms with van der Waals surface area (Å²) in [4.78, 5) is 10.1. The second-order valence-corrected chi connectivity index (χ2v) is 3.79. The smallest absolute Gasteiger partial charge is 0.278 e. The minimum absolute atomic E-state index is 0.172. The average Bonchev–Trinajstić information content (AvgIpc) is 2.58. The van der Waals surface area contributed by atoms with Gasteiger partial charge in [-0.05, 0) is 6.07 Å². The highest BCUT2D eigenvalue weighted by Gasteiger charge is 2.51. The Labute approximate surface area is 96.0 Å². The Morgan fingerprint density at radius 2 is 2.06 bits per heavy atom. The summed E-state index contributed by atoms with van der Waals surface area (Å²) in [5.41, 5.74) is -0.544. The van der Waals surface area contributed by atoms with Crippen LogP contribution in [-0.2, 0) is 10.5 Å². The topological polar surface area (TPSA) is 113 Å². The van der Waals surface area contributed by atoms with E-state index in [0.29, 0.717) is 0 Å². The Morgan fingerprint density at radius 1 is 1.41 bits per heavy atom. The summed E-state index contributed by atoms with van der Waals surface area (Å²) in [7, 11) is 0. The Bertz CT molecular complexity index is 450. The van der Waals surface area contributed by atoms with Crippen molar-refractivity contribution in [2.75, 3.05) is 6.61 Å². The van der Waals surface area contributed by atoms with E-state index < -0.39 is 22.9 Å². The number of rotatable bonds is 2. The van der Waals surface area contributed by atoms with E-state index in [-0.39, 0.29) is 17.9 Å². The number of aliphatic hydroxyl groups excluding tert-OH is 2. The van der Waals surface area contributed by atoms with Crippen LogP contribution < -0.4 is 0 Å². The normalized spacial score (nSPS) is 32.6. The van der Waals surface area contributed by atoms with Gasteiger partial charge in [0.1, 0.15) is 12.2 Å². The second-order valence-electron chi connectivity index (χ2n) is 3.79. The molecule has 1 fully saturated rings. The maximum Gasteiger partial charge on any atom is 0.278 e. The fourth-order valence-electron chi connectivity index (χ4n) is 1.82. The van der Waals surface area contributed by atoms with Gasteiger partial charge in [0.25, 0.3) is 5.69 Å². The number of hydrogen-bond donors (Lipinski definition) is 3. The number of nitro groups is 1. The molecule has 92 valence electrons. The molecule has 17 heavy (non-hydrogen) atoms. The third-order valence-corrected chi connectivity index (χ3v) is 2.73. The Morgan fingerprint density at radius 3 is 2.59 bits per heavy atom. The molecule has 0 unspecified atom stereocenters. The van der Waals surface area contributed by atoms with E-state index in [2.05, 4.69) is 0 Å². The maximum absolute atomic E-state index is 10.8. The van der Waals surface area contributed by atoms with E-state index in [0.717, 1.165) is 0 Å². The Balaban J connectivity index is 2.50. The minimum atomic E-state index is -2.25. The lowest BCUT2D eigenvalue weighted by Crippen LogP contribution is -2.40. The van der Waals surface area contributed by atoms with Crippen LogP contribution in [0.25, 0.3) is 0 Å². The molecule has 0 aliphatic carbocycles. The van der Waals surface area contributed by atoms with Crippen LogP contribution in [0.2, 0.25) is 0 Å². The van der Waals surface area contributed by atoms with Crippen molar-refractivity contribution in [1.82, 2.24) is 0 Å². The minimum Gasteiger partial charge on any atom is -0.388 e. The van der Waals surface area contributed by atoms with Crippen LogP contribution in [0.1, 0.15) is 5.56 Å². The Hall–Kier alpha value is -1.54. The van der Waals surface area contributed by atoms with E-state index in [1.807, 2.05) is 0 Å². The van der Waals surface area contributed by atoms with Crippen LogP contribution in [0, 0.1) is 10.1 Å². The zero-order chi connectivity index (χ0) is 12.6. The SMILES string of the molecule is O=[N+]([O-])c1ccccc1[C@@]1(O)OC[C@@H](O)[C@H]1O. The molecule has 7 heteroatoms. The van der Waals surface area contributed by atoms with Crippen molar-refractivity contribution in [3.8, 4) is 0 Å². The number of hydrogen-bond acceptors (Lipinski definition) is 6. The summed E-state index contributed by atoms with van der Waals surface area (Å²) in [6.45, 7) is -0.288. The van der Waals surface area contributed by atoms with Crippen LogP contribution in [0.5, 0.6) is 0 Å². The maximum atomic E-state index is 10.8. The first kappa shape index (κ1) is 11.9. The van der Waals surface area contributed by atoms with E-state index in [9.17, 15) is 25.4 Å². The third-order valence-electron chi connectivity index (χ3n) is 2.73. The quantitative estimate of drug-likeness (QED) is 0.475. The van der Waals surface area contributed by atoms with Crippen LogP contribution in [0.4, 0.5) is 5.69 Å². The Kier molecular flexibility index (Phi) is 2.84. The van der Waals surface area contributed by atoms with Gasteiger partial charge in [-0.1, -0.05) is 12.1 Å². The number of benzene rings is 1. The molecule has 1 aromatic rings. The molecule has 7 nitrogen and oxygen atoms in total. The van der Waals surface area contributed by atoms with Crippen molar-refractivity contribution < 1.29 is 25.0 Å². The summed E-state index contributed by atoms with van der Waals surface area (Å²) >= 11 is 0. The van der Waals surface area contributed by atoms with Crippen LogP contribution in [-0.4, -0.2) is 39.1 Å². The van der Waals surface area contributed by atoms with Gasteiger partial charge in [-0.2, -0.15) is 0 Å². The van der Waals surface area contributed by atoms with Gasteiger partial charge in [0, 0.05) is 6.07 Å². The molecule has 1 aliphatic rings. The van der Waals surface area contributed by atoms with Crippen molar-refractivity contribution in [2.45, 2.75) is 18.0 Å². The van der Waals surface area contributed by atoms with Gasteiger partial charge in [0.05, 0.1) is 17.1 Å². The van der Waals surface area contributed by atoms with Gasteiger partial charge in [-0.3, -0.25) is 10.1 Å². The molecular formula is C10H11NO6. The largest absolute Gasteiger partial charge is 0.388 e. The molecule has 3 atom stereocenters. The molecule has 1 saturated heterocycles. The molecule has 0 radical (unpaired) electrons. The lowest BCUT2D eigenvalue weighted by Gasteiger charge is -2.25. The second kappa shape index (κ2) is 4.04. The average molecular weight is 241 g/mol. The fourth-order valence-corrected chi connectivity index (χ4v) is 1.82. The van der Waals surface area contributed by atoms with Gasteiger partial charge in [-0.15, -0.1) is 0 Å². The molecule has 0 aromatic heterocycles. The van der Waals surface area contributed by atoms with Gasteiger partial charge < -0.3 is 20.1 Å². The molecule has 1 aliphatic heterocycles. The first-order valence-electron chi connectivity index (χ1n) is 4.93. The van der Waals surface area contributed by atoms with Gasteiger partial charge in [0.15, 0.2) is 0 Å². The molecule has 1 heterocycles. The predicted octanol–water partition coefficient (Wildman–Crippen LogP) is -0.508. The molecule has 1 aromatic carbocycles. The summed E-state index contributed by atoms with van der Waals surface area (Å²) < 4.78 is 4.89. The van der Waals surface area contributed by atoms with Gasteiger partial charge in [0.2, 0.25) is 5.79 Å². The summed E-state index contributed by atoms with van der Waals surface area (Å²) in [5.74, 6) is -2.25. The molecule has 0 bridgehead atoms. The monoisotopic (exact) mass is 241 g/mol. The summed E-state index contributed by atoms with van der Waals surface area (Å²) in [6, 6.07) is 5.37. The van der Waals surface area contributed by atoms with Crippen LogP contribution in [0.15, 0.2) is 24.3 Å². The zero-order valence-corrected chi connectivity index (χ0v) is 8.68. The molecule has 0 spiro atoms. The summed E-state index contributed by atoms with van der Waals surface area (Å²) in [5, 5.41) is 39.8. The molecule has 0 saturated carbocycles. The lowest BCUT2D eigenvalue weighted by molar-refractivity contribution is -0.389. The van der Waals surface area contributed by atoms with Crippen molar-refractivity contribution >= 4 is 5.69 Å². The molecule has 2 rings (SSSR count). The number of para-hydroxylation sites is 1. The van der Waals surface area contributed by atoms with Gasteiger partial charge in [-0.25, -0.2) is 0 Å². The summed E-state index contributed by atoms with van der Waals surface area (Å²) in [6.07, 6.45) is -2.90. The van der Waals surface area contributed by atoms with Crippen molar-refractivity contribution in [2.24, 2.45) is 0 Å². The first-order chi connectivity index (χ1) is 7.97. The lowest BCUT2D eigenvalue weighted by atomic mass is 9.97. The van der Waals surface area contributed by atoms with E-state index >= 15 is 0 Å². The molecule has 0 amide bonds. The highest BCUT2D eigenvalue weighted by Crippen LogP contribution is 2.38. The fraction of sp³-hybridized carbons (Fsp3) is 0.400. The van der Waals surface area contributed by atoms with E-state index in [1.165, 1.54) is 24.3 Å². The van der Waals surface area contributed by atoms with E-state index in [4.69, 9.17) is 4.74 Å². The van der Waals surface area contributed by atoms with Crippen LogP contribution in [0.3, 0.4) is 0 Å². The van der Waals surface area contributed by atoms with Crippen LogP contribution >= 0.6 is 0 Å². The highest BCUT2D eigenvalue weighted by molar-refractivity contribution is 5.43. The number of nitrogens with zero attached hydrogens (tertiary/aromatic N) is 1. The molecular weight excluding hydrogens is 230 g/mol. The first-order valence-corrected chi connectivity index (χ1v) is 4.93. The number of aliphatic hydroxyl groups is 3. The zero-order valence-electron chi connectivity index (χ0n) is 8.68. The third kappa shape index (κ3) is 1.79. The van der Waals surface area contributed by atoms with Crippen molar-refractivity contribution in [1.29, 1.82) is 0 Å². The predicted molar refractivity (Wildman–Crippen MR) is 55.0 cm³/mol. The molecule has 3 N–H and O–H groups in total. The standard InChI is InChI=1S/C10H11NO6/c12-8-5-17-10(14,9(8)13)6-3-1-2-4-7(6)11(15)16/h1-4,8-9,12-14H,5H2/t8-,9-,10-/m1/s1. The van der Waals surface area contributed by atoms with Gasteiger partial charge >= 0.3 is 0 Å². The number of nitro benzene ring substituents is 1. The van der Waals surface area contributed by atoms with Crippen molar-refractivity contribution in [3.05, 3.63) is 39.9 Å².